The summed E-state index contributed by atoms with van der Waals surface area (Å²) in [5.41, 5.74) is 0. The average molecular weight is 284 g/mol. The Bertz CT molecular complexity index is 206. The molecule has 18 heavy (non-hydrogen) atoms. The Hall–Kier alpha value is 0.110. The van der Waals surface area contributed by atoms with Gasteiger partial charge < -0.3 is 30.6 Å². The second kappa shape index (κ2) is 9.96. The van der Waals surface area contributed by atoms with E-state index in [4.69, 9.17) is 10.2 Å². The summed E-state index contributed by atoms with van der Waals surface area (Å²) < 4.78 is 0. The first-order valence-corrected chi connectivity index (χ1v) is 7.10. The summed E-state index contributed by atoms with van der Waals surface area (Å²) in [6, 6.07) is 0. The third-order valence-corrected chi connectivity index (χ3v) is 4.14. The highest BCUT2D eigenvalue weighted by atomic mass is 32.2. The number of aliphatic hydroxyl groups excluding tert-OH is 6. The van der Waals surface area contributed by atoms with E-state index in [-0.39, 0.29) is 0 Å². The molecule has 0 saturated carbocycles. The summed E-state index contributed by atoms with van der Waals surface area (Å²) in [4.78, 5) is 0. The van der Waals surface area contributed by atoms with Gasteiger partial charge in [0.05, 0.1) is 30.7 Å². The van der Waals surface area contributed by atoms with Crippen LogP contribution in [0.5, 0.6) is 0 Å². The molecule has 0 aromatic heterocycles. The van der Waals surface area contributed by atoms with Crippen LogP contribution in [-0.2, 0) is 0 Å². The molecule has 0 aliphatic rings. The van der Waals surface area contributed by atoms with E-state index in [1.807, 2.05) is 6.92 Å². The first kappa shape index (κ1) is 18.1. The van der Waals surface area contributed by atoms with Crippen LogP contribution >= 0.6 is 11.8 Å². The first-order chi connectivity index (χ1) is 8.49. The molecule has 0 aromatic rings. The van der Waals surface area contributed by atoms with Crippen molar-refractivity contribution in [3.8, 4) is 0 Å². The summed E-state index contributed by atoms with van der Waals surface area (Å²) >= 11 is 1.23. The highest BCUT2D eigenvalue weighted by Crippen LogP contribution is 2.23. The van der Waals surface area contributed by atoms with Gasteiger partial charge in [0.15, 0.2) is 0 Å². The Morgan fingerprint density at radius 3 is 1.89 bits per heavy atom. The average Bonchev–Trinajstić information content (AvgIpc) is 2.40. The molecule has 0 saturated heterocycles. The van der Waals surface area contributed by atoms with Gasteiger partial charge in [-0.2, -0.15) is 11.8 Å². The van der Waals surface area contributed by atoms with Gasteiger partial charge in [0, 0.05) is 0 Å². The van der Waals surface area contributed by atoms with E-state index in [0.29, 0.717) is 5.75 Å². The zero-order valence-electron chi connectivity index (χ0n) is 10.5. The van der Waals surface area contributed by atoms with E-state index in [2.05, 4.69) is 0 Å². The lowest BCUT2D eigenvalue weighted by molar-refractivity contribution is -0.0876. The van der Waals surface area contributed by atoms with Crippen molar-refractivity contribution in [1.82, 2.24) is 0 Å². The molecule has 0 bridgehead atoms. The van der Waals surface area contributed by atoms with Gasteiger partial charge >= 0.3 is 0 Å². The molecular weight excluding hydrogens is 260 g/mol. The van der Waals surface area contributed by atoms with Crippen LogP contribution < -0.4 is 0 Å². The van der Waals surface area contributed by atoms with Crippen LogP contribution in [0.3, 0.4) is 0 Å². The minimum atomic E-state index is -1.56. The fraction of sp³-hybridized carbons (Fsp3) is 1.00. The van der Waals surface area contributed by atoms with Crippen LogP contribution in [0, 0.1) is 0 Å². The highest BCUT2D eigenvalue weighted by Gasteiger charge is 2.35. The Kier molecular flexibility index (Phi) is 10.0. The van der Waals surface area contributed by atoms with Crippen LogP contribution in [0.4, 0.5) is 0 Å². The molecule has 0 heterocycles. The maximum absolute atomic E-state index is 9.87. The highest BCUT2D eigenvalue weighted by molar-refractivity contribution is 8.00. The van der Waals surface area contributed by atoms with Gasteiger partial charge in [-0.1, -0.05) is 13.3 Å². The molecule has 7 heteroatoms. The normalized spacial score (nSPS) is 20.2. The molecule has 0 amide bonds. The van der Waals surface area contributed by atoms with Gasteiger partial charge in [-0.05, 0) is 12.2 Å². The quantitative estimate of drug-likeness (QED) is 0.265. The molecule has 0 fully saturated rings. The molecule has 0 aliphatic heterocycles. The fourth-order valence-corrected chi connectivity index (χ4v) is 2.83. The topological polar surface area (TPSA) is 121 Å². The molecule has 6 nitrogen and oxygen atoms in total. The van der Waals surface area contributed by atoms with Crippen molar-refractivity contribution >= 4 is 11.8 Å². The van der Waals surface area contributed by atoms with Crippen LogP contribution in [0.2, 0.25) is 0 Å². The maximum atomic E-state index is 9.87. The van der Waals surface area contributed by atoms with E-state index in [1.165, 1.54) is 11.8 Å². The van der Waals surface area contributed by atoms with Gasteiger partial charge in [0.1, 0.15) is 12.2 Å². The fourth-order valence-electron chi connectivity index (χ4n) is 1.43. The van der Waals surface area contributed by atoms with Gasteiger partial charge in [0.2, 0.25) is 0 Å². The Labute approximate surface area is 111 Å². The second-order valence-corrected chi connectivity index (χ2v) is 5.46. The van der Waals surface area contributed by atoms with Crippen LogP contribution in [0.25, 0.3) is 0 Å². The van der Waals surface area contributed by atoms with Crippen molar-refractivity contribution in [2.75, 3.05) is 19.0 Å². The summed E-state index contributed by atoms with van der Waals surface area (Å²) in [6.45, 7) is 0.779. The number of hydrogen-bond donors (Lipinski definition) is 6. The monoisotopic (exact) mass is 284 g/mol. The summed E-state index contributed by atoms with van der Waals surface area (Å²) in [6.07, 6.45) is -3.81. The lowest BCUT2D eigenvalue weighted by Crippen LogP contribution is -2.49. The van der Waals surface area contributed by atoms with Gasteiger partial charge in [-0.15, -0.1) is 0 Å². The molecule has 0 aromatic carbocycles. The van der Waals surface area contributed by atoms with Crippen molar-refractivity contribution in [3.63, 3.8) is 0 Å². The van der Waals surface area contributed by atoms with Gasteiger partial charge in [-0.3, -0.25) is 0 Å². The van der Waals surface area contributed by atoms with E-state index in [0.717, 1.165) is 12.8 Å². The zero-order chi connectivity index (χ0) is 14.1. The van der Waals surface area contributed by atoms with E-state index in [1.54, 1.807) is 0 Å². The van der Waals surface area contributed by atoms with Crippen molar-refractivity contribution in [3.05, 3.63) is 0 Å². The number of thioether (sulfide) groups is 1. The minimum Gasteiger partial charge on any atom is -0.394 e. The Morgan fingerprint density at radius 1 is 0.889 bits per heavy atom. The maximum Gasteiger partial charge on any atom is 0.109 e. The lowest BCUT2D eigenvalue weighted by Gasteiger charge is -2.31. The number of unbranched alkanes of at least 4 members (excludes halogenated alkanes) is 1. The molecule has 5 atom stereocenters. The van der Waals surface area contributed by atoms with E-state index >= 15 is 0 Å². The third kappa shape index (κ3) is 5.83. The SMILES string of the molecule is CCCCSC([C@@H](O)C(O)[C@@H](O)CO)[C@@H](O)CO. The standard InChI is InChI=1S/C11H24O6S/c1-2-3-4-18-11(8(15)6-13)10(17)9(16)7(14)5-12/h7-17H,2-6H2,1H3/t7-,8-,9?,10-,11?/m0/s1. The van der Waals surface area contributed by atoms with Crippen LogP contribution in [0.1, 0.15) is 19.8 Å². The molecule has 0 rings (SSSR count). The molecule has 6 N–H and O–H groups in total. The molecule has 110 valence electrons. The molecule has 2 unspecified atom stereocenters. The minimum absolute atomic E-state index is 0.539. The zero-order valence-corrected chi connectivity index (χ0v) is 11.3. The lowest BCUT2D eigenvalue weighted by atomic mass is 10.0. The third-order valence-electron chi connectivity index (χ3n) is 2.64. The van der Waals surface area contributed by atoms with E-state index in [9.17, 15) is 20.4 Å². The predicted molar refractivity (Wildman–Crippen MR) is 69.4 cm³/mol. The van der Waals surface area contributed by atoms with Crippen LogP contribution in [-0.4, -0.2) is 79.3 Å². The largest absolute Gasteiger partial charge is 0.394 e. The molecule has 0 aliphatic carbocycles. The number of rotatable bonds is 10. The summed E-state index contributed by atoms with van der Waals surface area (Å²) in [5.74, 6) is 0.664. The molecular formula is C11H24O6S. The van der Waals surface area contributed by atoms with Crippen molar-refractivity contribution < 1.29 is 30.6 Å². The smallest absolute Gasteiger partial charge is 0.109 e. The molecule has 0 radical (unpaired) electrons. The van der Waals surface area contributed by atoms with Crippen LogP contribution in [0.15, 0.2) is 0 Å². The predicted octanol–water partition coefficient (Wildman–Crippen LogP) is -1.68. The van der Waals surface area contributed by atoms with E-state index < -0.39 is 42.9 Å². The first-order valence-electron chi connectivity index (χ1n) is 6.05. The number of hydrogen-bond acceptors (Lipinski definition) is 7. The van der Waals surface area contributed by atoms with Gasteiger partial charge in [-0.25, -0.2) is 0 Å². The Balaban J connectivity index is 4.52. The number of aliphatic hydroxyl groups is 6. The van der Waals surface area contributed by atoms with Crippen molar-refractivity contribution in [2.24, 2.45) is 0 Å². The molecule has 0 spiro atoms. The van der Waals surface area contributed by atoms with Crippen molar-refractivity contribution in [2.45, 2.75) is 49.4 Å². The van der Waals surface area contributed by atoms with Gasteiger partial charge in [0.25, 0.3) is 0 Å². The second-order valence-electron chi connectivity index (χ2n) is 4.17. The summed E-state index contributed by atoms with van der Waals surface area (Å²) in [5, 5.41) is 55.1. The summed E-state index contributed by atoms with van der Waals surface area (Å²) in [7, 11) is 0. The Morgan fingerprint density at radius 2 is 1.44 bits per heavy atom. The van der Waals surface area contributed by atoms with Crippen molar-refractivity contribution in [1.29, 1.82) is 0 Å².